The van der Waals surface area contributed by atoms with Crippen molar-refractivity contribution in [3.05, 3.63) is 24.0 Å². The summed E-state index contributed by atoms with van der Waals surface area (Å²) < 4.78 is 0. The minimum Gasteiger partial charge on any atom is -0.396 e. The Hall–Kier alpha value is -1.13. The van der Waals surface area contributed by atoms with E-state index in [2.05, 4.69) is 29.8 Å². The van der Waals surface area contributed by atoms with Crippen molar-refractivity contribution < 1.29 is 5.11 Å². The smallest absolute Gasteiger partial charge is 0.0572 e. The van der Waals surface area contributed by atoms with Crippen molar-refractivity contribution in [1.82, 2.24) is 4.98 Å². The largest absolute Gasteiger partial charge is 0.396 e. The first-order chi connectivity index (χ1) is 8.22. The molecule has 1 atom stereocenters. The first-order valence-corrected chi connectivity index (χ1v) is 6.30. The predicted molar refractivity (Wildman–Crippen MR) is 71.0 cm³/mol. The van der Waals surface area contributed by atoms with E-state index >= 15 is 0 Å². The number of nitrogens with zero attached hydrogens (tertiary/aromatic N) is 2. The molecule has 4 heteroatoms. The third-order valence-corrected chi connectivity index (χ3v) is 2.92. The molecule has 96 valence electrons. The van der Waals surface area contributed by atoms with E-state index in [-0.39, 0.29) is 12.6 Å². The molecule has 0 radical (unpaired) electrons. The third kappa shape index (κ3) is 3.98. The zero-order chi connectivity index (χ0) is 12.7. The van der Waals surface area contributed by atoms with E-state index < -0.39 is 0 Å². The maximum Gasteiger partial charge on any atom is 0.0572 e. The zero-order valence-corrected chi connectivity index (χ0v) is 10.8. The lowest BCUT2D eigenvalue weighted by atomic mass is 10.1. The molecule has 0 aromatic carbocycles. The summed E-state index contributed by atoms with van der Waals surface area (Å²) in [4.78, 5) is 6.60. The topological polar surface area (TPSA) is 62.4 Å². The fourth-order valence-corrected chi connectivity index (χ4v) is 1.74. The lowest BCUT2D eigenvalue weighted by Gasteiger charge is -2.22. The highest BCUT2D eigenvalue weighted by Crippen LogP contribution is 2.17. The van der Waals surface area contributed by atoms with Gasteiger partial charge in [-0.05, 0) is 31.9 Å². The Kier molecular flexibility index (Phi) is 5.94. The van der Waals surface area contributed by atoms with E-state index in [0.29, 0.717) is 0 Å². The molecule has 0 aliphatic rings. The number of nitrogens with two attached hydrogens (primary N) is 1. The molecule has 0 aliphatic carbocycles. The van der Waals surface area contributed by atoms with Crippen LogP contribution in [-0.4, -0.2) is 29.8 Å². The monoisotopic (exact) mass is 237 g/mol. The minimum absolute atomic E-state index is 0.0246. The van der Waals surface area contributed by atoms with Crippen molar-refractivity contribution >= 4 is 5.69 Å². The van der Waals surface area contributed by atoms with Crippen LogP contribution < -0.4 is 10.6 Å². The molecular formula is C13H23N3O. The molecule has 0 saturated heterocycles. The number of rotatable bonds is 7. The summed E-state index contributed by atoms with van der Waals surface area (Å²) >= 11 is 0. The third-order valence-electron chi connectivity index (χ3n) is 2.92. The molecule has 17 heavy (non-hydrogen) atoms. The van der Waals surface area contributed by atoms with Gasteiger partial charge < -0.3 is 15.7 Å². The van der Waals surface area contributed by atoms with Crippen LogP contribution in [-0.2, 0) is 0 Å². The van der Waals surface area contributed by atoms with E-state index in [4.69, 9.17) is 10.8 Å². The molecular weight excluding hydrogens is 214 g/mol. The molecule has 0 amide bonds. The van der Waals surface area contributed by atoms with Gasteiger partial charge >= 0.3 is 0 Å². The molecule has 1 heterocycles. The standard InChI is InChI=1S/C13H23N3O/c1-3-12(14)13-7-6-11(10-15-13)16(4-2)8-5-9-17/h6-7,10,12,17H,3-5,8-9,14H2,1-2H3. The fraction of sp³-hybridized carbons (Fsp3) is 0.615. The summed E-state index contributed by atoms with van der Waals surface area (Å²) in [5, 5.41) is 8.85. The normalized spacial score (nSPS) is 12.5. The van der Waals surface area contributed by atoms with Gasteiger partial charge in [0.1, 0.15) is 0 Å². The Labute approximate surface area is 103 Å². The SMILES string of the molecule is CCC(N)c1ccc(N(CC)CCCO)cn1. The van der Waals surface area contributed by atoms with Crippen LogP contribution in [0.3, 0.4) is 0 Å². The molecule has 1 aromatic rings. The summed E-state index contributed by atoms with van der Waals surface area (Å²) in [6, 6.07) is 4.07. The molecule has 3 N–H and O–H groups in total. The van der Waals surface area contributed by atoms with Crippen LogP contribution in [0.25, 0.3) is 0 Å². The number of anilines is 1. The maximum atomic E-state index is 8.85. The molecule has 0 fully saturated rings. The van der Waals surface area contributed by atoms with Gasteiger partial charge in [0.15, 0.2) is 0 Å². The number of pyridine rings is 1. The quantitative estimate of drug-likeness (QED) is 0.757. The molecule has 1 rings (SSSR count). The van der Waals surface area contributed by atoms with Crippen molar-refractivity contribution in [3.8, 4) is 0 Å². The van der Waals surface area contributed by atoms with E-state index in [1.165, 1.54) is 0 Å². The van der Waals surface area contributed by atoms with Crippen LogP contribution in [0.2, 0.25) is 0 Å². The Morgan fingerprint density at radius 3 is 2.65 bits per heavy atom. The van der Waals surface area contributed by atoms with Crippen molar-refractivity contribution in [3.63, 3.8) is 0 Å². The van der Waals surface area contributed by atoms with Crippen molar-refractivity contribution in [1.29, 1.82) is 0 Å². The first kappa shape index (κ1) is 13.9. The van der Waals surface area contributed by atoms with Crippen LogP contribution in [0, 0.1) is 0 Å². The van der Waals surface area contributed by atoms with Gasteiger partial charge in [-0.3, -0.25) is 4.98 Å². The van der Waals surface area contributed by atoms with Crippen LogP contribution in [0.4, 0.5) is 5.69 Å². The van der Waals surface area contributed by atoms with Gasteiger partial charge in [0.05, 0.1) is 17.6 Å². The van der Waals surface area contributed by atoms with Crippen LogP contribution in [0.5, 0.6) is 0 Å². The van der Waals surface area contributed by atoms with Gasteiger partial charge in [-0.1, -0.05) is 6.92 Å². The summed E-state index contributed by atoms with van der Waals surface area (Å²) in [5.41, 5.74) is 7.95. The minimum atomic E-state index is 0.0246. The van der Waals surface area contributed by atoms with Gasteiger partial charge in [0.25, 0.3) is 0 Å². The number of aliphatic hydroxyl groups excluding tert-OH is 1. The Balaban J connectivity index is 2.70. The van der Waals surface area contributed by atoms with Crippen molar-refractivity contribution in [2.75, 3.05) is 24.6 Å². The number of aliphatic hydroxyl groups is 1. The molecule has 0 aliphatic heterocycles. The maximum absolute atomic E-state index is 8.85. The highest BCUT2D eigenvalue weighted by atomic mass is 16.3. The summed E-state index contributed by atoms with van der Waals surface area (Å²) in [5.74, 6) is 0. The number of aromatic nitrogens is 1. The first-order valence-electron chi connectivity index (χ1n) is 6.30. The number of hydrogen-bond acceptors (Lipinski definition) is 4. The molecule has 1 aromatic heterocycles. The van der Waals surface area contributed by atoms with E-state index in [9.17, 15) is 0 Å². The Morgan fingerprint density at radius 1 is 1.41 bits per heavy atom. The molecule has 0 spiro atoms. The van der Waals surface area contributed by atoms with Gasteiger partial charge in [-0.25, -0.2) is 0 Å². The average Bonchev–Trinajstić information content (AvgIpc) is 2.39. The zero-order valence-electron chi connectivity index (χ0n) is 10.8. The number of hydrogen-bond donors (Lipinski definition) is 2. The summed E-state index contributed by atoms with van der Waals surface area (Å²) in [7, 11) is 0. The van der Waals surface area contributed by atoms with Gasteiger partial charge in [0.2, 0.25) is 0 Å². The molecule has 0 bridgehead atoms. The van der Waals surface area contributed by atoms with Crippen LogP contribution in [0.15, 0.2) is 18.3 Å². The lowest BCUT2D eigenvalue weighted by molar-refractivity contribution is 0.289. The van der Waals surface area contributed by atoms with E-state index in [0.717, 1.165) is 37.3 Å². The van der Waals surface area contributed by atoms with Gasteiger partial charge in [-0.2, -0.15) is 0 Å². The van der Waals surface area contributed by atoms with Crippen molar-refractivity contribution in [2.45, 2.75) is 32.7 Å². The molecule has 4 nitrogen and oxygen atoms in total. The lowest BCUT2D eigenvalue weighted by Crippen LogP contribution is -2.25. The van der Waals surface area contributed by atoms with Crippen LogP contribution >= 0.6 is 0 Å². The second kappa shape index (κ2) is 7.25. The fourth-order valence-electron chi connectivity index (χ4n) is 1.74. The second-order valence-electron chi connectivity index (χ2n) is 4.11. The second-order valence-corrected chi connectivity index (χ2v) is 4.11. The highest BCUT2D eigenvalue weighted by Gasteiger charge is 2.07. The average molecular weight is 237 g/mol. The Morgan fingerprint density at radius 2 is 2.18 bits per heavy atom. The molecule has 1 unspecified atom stereocenters. The highest BCUT2D eigenvalue weighted by molar-refractivity contribution is 5.44. The van der Waals surface area contributed by atoms with Gasteiger partial charge in [0, 0.05) is 25.7 Å². The predicted octanol–water partition coefficient (Wildman–Crippen LogP) is 1.70. The van der Waals surface area contributed by atoms with Gasteiger partial charge in [-0.15, -0.1) is 0 Å². The Bertz CT molecular complexity index is 313. The van der Waals surface area contributed by atoms with E-state index in [1.807, 2.05) is 12.3 Å². The van der Waals surface area contributed by atoms with Crippen LogP contribution in [0.1, 0.15) is 38.4 Å². The summed E-state index contributed by atoms with van der Waals surface area (Å²) in [6.07, 6.45) is 3.55. The molecule has 0 saturated carbocycles. The van der Waals surface area contributed by atoms with Crippen molar-refractivity contribution in [2.24, 2.45) is 5.73 Å². The van der Waals surface area contributed by atoms with E-state index in [1.54, 1.807) is 0 Å². The summed E-state index contributed by atoms with van der Waals surface area (Å²) in [6.45, 7) is 6.15.